The van der Waals surface area contributed by atoms with Gasteiger partial charge in [0.15, 0.2) is 11.5 Å². The molecule has 2 aromatic rings. The van der Waals surface area contributed by atoms with Gasteiger partial charge in [0.1, 0.15) is 0 Å². The summed E-state index contributed by atoms with van der Waals surface area (Å²) in [7, 11) is 6.78. The summed E-state index contributed by atoms with van der Waals surface area (Å²) in [5, 5.41) is 5.11. The number of piperidine rings is 1. The number of ether oxygens (including phenoxy) is 3. The fraction of sp³-hybridized carbons (Fsp3) is 0.435. The number of methoxy groups -OCH3 is 3. The maximum Gasteiger partial charge on any atom is 0.246 e. The number of hydrogen-bond acceptors (Lipinski definition) is 5. The van der Waals surface area contributed by atoms with Crippen LogP contribution in [0.15, 0.2) is 30.3 Å². The average Bonchev–Trinajstić information content (AvgIpc) is 2.76. The van der Waals surface area contributed by atoms with Gasteiger partial charge in [-0.05, 0) is 61.5 Å². The van der Waals surface area contributed by atoms with E-state index in [1.807, 2.05) is 42.3 Å². The third kappa shape index (κ3) is 4.65. The molecule has 29 heavy (non-hydrogen) atoms. The van der Waals surface area contributed by atoms with Gasteiger partial charge in [-0.15, -0.1) is 0 Å². The smallest absolute Gasteiger partial charge is 0.246 e. The molecule has 3 rings (SSSR count). The number of fused-ring (bicyclic) bond motifs is 1. The summed E-state index contributed by atoms with van der Waals surface area (Å²) in [5.74, 6) is 2.52. The van der Waals surface area contributed by atoms with E-state index in [-0.39, 0.29) is 5.91 Å². The molecule has 0 atom stereocenters. The predicted molar refractivity (Wildman–Crippen MR) is 116 cm³/mol. The summed E-state index contributed by atoms with van der Waals surface area (Å²) in [5.41, 5.74) is 0.932. The van der Waals surface area contributed by atoms with Crippen LogP contribution in [-0.2, 0) is 4.79 Å². The fourth-order valence-corrected chi connectivity index (χ4v) is 3.91. The first-order valence-corrected chi connectivity index (χ1v) is 9.95. The molecule has 2 aromatic carbocycles. The molecule has 0 spiro atoms. The Labute approximate surface area is 172 Å². The van der Waals surface area contributed by atoms with Crippen molar-refractivity contribution in [2.45, 2.75) is 12.8 Å². The second-order valence-electron chi connectivity index (χ2n) is 7.29. The average molecular weight is 399 g/mol. The quantitative estimate of drug-likeness (QED) is 0.725. The number of nitrogens with one attached hydrogen (secondary N) is 1. The topological polar surface area (TPSA) is 60.0 Å². The van der Waals surface area contributed by atoms with E-state index in [4.69, 9.17) is 14.2 Å². The Morgan fingerprint density at radius 1 is 1.10 bits per heavy atom. The van der Waals surface area contributed by atoms with Crippen LogP contribution in [0.3, 0.4) is 0 Å². The second-order valence-corrected chi connectivity index (χ2v) is 7.29. The predicted octanol–water partition coefficient (Wildman–Crippen LogP) is 3.34. The SMILES string of the molecule is CNCC1CCN(C(=O)C=Cc2ccc3cc(OC)c(OC)c(OC)c3c2)CC1. The number of amides is 1. The van der Waals surface area contributed by atoms with Gasteiger partial charge in [0.2, 0.25) is 11.7 Å². The van der Waals surface area contributed by atoms with Gasteiger partial charge in [-0.25, -0.2) is 0 Å². The Kier molecular flexibility index (Phi) is 6.99. The van der Waals surface area contributed by atoms with E-state index in [9.17, 15) is 4.79 Å². The van der Waals surface area contributed by atoms with Crippen molar-refractivity contribution < 1.29 is 19.0 Å². The molecular weight excluding hydrogens is 368 g/mol. The molecule has 1 heterocycles. The molecule has 6 nitrogen and oxygen atoms in total. The summed E-state index contributed by atoms with van der Waals surface area (Å²) in [4.78, 5) is 14.5. The molecule has 1 aliphatic heterocycles. The molecule has 0 bridgehead atoms. The van der Waals surface area contributed by atoms with Crippen molar-refractivity contribution in [1.29, 1.82) is 0 Å². The lowest BCUT2D eigenvalue weighted by Crippen LogP contribution is -2.39. The third-order valence-corrected chi connectivity index (χ3v) is 5.50. The van der Waals surface area contributed by atoms with E-state index < -0.39 is 0 Å². The Hall–Kier alpha value is -2.73. The van der Waals surface area contributed by atoms with E-state index in [1.54, 1.807) is 27.4 Å². The monoisotopic (exact) mass is 398 g/mol. The van der Waals surface area contributed by atoms with Gasteiger partial charge in [-0.2, -0.15) is 0 Å². The Balaban J connectivity index is 1.79. The maximum atomic E-state index is 12.6. The molecule has 1 aliphatic rings. The highest BCUT2D eigenvalue weighted by molar-refractivity contribution is 5.96. The highest BCUT2D eigenvalue weighted by Crippen LogP contribution is 2.43. The summed E-state index contributed by atoms with van der Waals surface area (Å²) >= 11 is 0. The minimum atomic E-state index is 0.0623. The van der Waals surface area contributed by atoms with Gasteiger partial charge in [-0.3, -0.25) is 4.79 Å². The van der Waals surface area contributed by atoms with Crippen molar-refractivity contribution in [3.63, 3.8) is 0 Å². The van der Waals surface area contributed by atoms with Crippen molar-refractivity contribution in [2.24, 2.45) is 5.92 Å². The Bertz CT molecular complexity index is 886. The van der Waals surface area contributed by atoms with Gasteiger partial charge < -0.3 is 24.4 Å². The lowest BCUT2D eigenvalue weighted by atomic mass is 9.97. The molecule has 0 aliphatic carbocycles. The van der Waals surface area contributed by atoms with E-state index in [2.05, 4.69) is 5.32 Å². The summed E-state index contributed by atoms with van der Waals surface area (Å²) in [6.07, 6.45) is 5.62. The number of likely N-dealkylation sites (tertiary alicyclic amines) is 1. The Morgan fingerprint density at radius 3 is 2.45 bits per heavy atom. The normalized spacial score (nSPS) is 15.1. The number of carbonyl (C=O) groups is 1. The van der Waals surface area contributed by atoms with Crippen LogP contribution < -0.4 is 19.5 Å². The molecule has 1 saturated heterocycles. The minimum Gasteiger partial charge on any atom is -0.493 e. The largest absolute Gasteiger partial charge is 0.493 e. The lowest BCUT2D eigenvalue weighted by molar-refractivity contribution is -0.127. The number of carbonyl (C=O) groups excluding carboxylic acids is 1. The zero-order valence-corrected chi connectivity index (χ0v) is 17.7. The minimum absolute atomic E-state index is 0.0623. The molecule has 0 saturated carbocycles. The lowest BCUT2D eigenvalue weighted by Gasteiger charge is -2.31. The first-order valence-electron chi connectivity index (χ1n) is 9.95. The van der Waals surface area contributed by atoms with Crippen molar-refractivity contribution in [3.05, 3.63) is 35.9 Å². The van der Waals surface area contributed by atoms with Crippen LogP contribution in [-0.4, -0.2) is 58.8 Å². The number of rotatable bonds is 7. The summed E-state index contributed by atoms with van der Waals surface area (Å²) < 4.78 is 16.5. The van der Waals surface area contributed by atoms with Crippen LogP contribution in [0.1, 0.15) is 18.4 Å². The second kappa shape index (κ2) is 9.65. The molecule has 0 radical (unpaired) electrons. The highest BCUT2D eigenvalue weighted by atomic mass is 16.5. The molecule has 1 N–H and O–H groups in total. The van der Waals surface area contributed by atoms with Crippen LogP contribution in [0.4, 0.5) is 0 Å². The van der Waals surface area contributed by atoms with Gasteiger partial charge in [0.25, 0.3) is 0 Å². The maximum absolute atomic E-state index is 12.6. The van der Waals surface area contributed by atoms with E-state index in [1.165, 1.54) is 0 Å². The van der Waals surface area contributed by atoms with Crippen molar-refractivity contribution in [2.75, 3.05) is 48.0 Å². The van der Waals surface area contributed by atoms with E-state index in [0.717, 1.165) is 48.8 Å². The zero-order valence-electron chi connectivity index (χ0n) is 17.7. The van der Waals surface area contributed by atoms with Gasteiger partial charge in [-0.1, -0.05) is 12.1 Å². The number of hydrogen-bond donors (Lipinski definition) is 1. The van der Waals surface area contributed by atoms with Crippen LogP contribution in [0.25, 0.3) is 16.8 Å². The van der Waals surface area contributed by atoms with Crippen molar-refractivity contribution in [3.8, 4) is 17.2 Å². The third-order valence-electron chi connectivity index (χ3n) is 5.50. The molecule has 0 aromatic heterocycles. The first-order chi connectivity index (χ1) is 14.1. The highest BCUT2D eigenvalue weighted by Gasteiger charge is 2.21. The van der Waals surface area contributed by atoms with Crippen LogP contribution in [0.2, 0.25) is 0 Å². The molecule has 1 amide bonds. The standard InChI is InChI=1S/C23H30N2O4/c1-24-15-17-9-11-25(12-10-17)21(26)8-6-16-5-7-18-14-20(27-2)23(29-4)22(28-3)19(18)13-16/h5-8,13-14,17,24H,9-12,15H2,1-4H3. The first kappa shape index (κ1) is 21.0. The van der Waals surface area contributed by atoms with Crippen LogP contribution >= 0.6 is 0 Å². The molecule has 0 unspecified atom stereocenters. The van der Waals surface area contributed by atoms with E-state index >= 15 is 0 Å². The molecular formula is C23H30N2O4. The summed E-state index contributed by atoms with van der Waals surface area (Å²) in [6, 6.07) is 7.90. The van der Waals surface area contributed by atoms with E-state index in [0.29, 0.717) is 23.2 Å². The summed E-state index contributed by atoms with van der Waals surface area (Å²) in [6.45, 7) is 2.65. The fourth-order valence-electron chi connectivity index (χ4n) is 3.91. The molecule has 156 valence electrons. The van der Waals surface area contributed by atoms with Crippen LogP contribution in [0, 0.1) is 5.92 Å². The Morgan fingerprint density at radius 2 is 1.83 bits per heavy atom. The van der Waals surface area contributed by atoms with Crippen molar-refractivity contribution in [1.82, 2.24) is 10.2 Å². The van der Waals surface area contributed by atoms with Crippen LogP contribution in [0.5, 0.6) is 17.2 Å². The zero-order chi connectivity index (χ0) is 20.8. The van der Waals surface area contributed by atoms with Gasteiger partial charge in [0, 0.05) is 24.6 Å². The molecule has 6 heteroatoms. The van der Waals surface area contributed by atoms with Gasteiger partial charge in [0.05, 0.1) is 21.3 Å². The molecule has 1 fully saturated rings. The van der Waals surface area contributed by atoms with Gasteiger partial charge >= 0.3 is 0 Å². The number of benzene rings is 2. The van der Waals surface area contributed by atoms with Crippen molar-refractivity contribution >= 4 is 22.8 Å². The number of nitrogens with zero attached hydrogens (tertiary/aromatic N) is 1.